The molecule has 0 amide bonds. The van der Waals surface area contributed by atoms with Crippen molar-refractivity contribution >= 4 is 5.97 Å². The first-order chi connectivity index (χ1) is 6.24. The van der Waals surface area contributed by atoms with E-state index >= 15 is 0 Å². The molecule has 0 saturated carbocycles. The third-order valence-electron chi connectivity index (χ3n) is 2.24. The van der Waals surface area contributed by atoms with Gasteiger partial charge in [0, 0.05) is 6.04 Å². The second-order valence-corrected chi connectivity index (χ2v) is 3.29. The van der Waals surface area contributed by atoms with Crippen molar-refractivity contribution < 1.29 is 14.3 Å². The van der Waals surface area contributed by atoms with Gasteiger partial charge in [-0.05, 0) is 26.3 Å². The van der Waals surface area contributed by atoms with Gasteiger partial charge < -0.3 is 14.8 Å². The minimum Gasteiger partial charge on any atom is -0.467 e. The Labute approximate surface area is 78.6 Å². The van der Waals surface area contributed by atoms with E-state index in [1.165, 1.54) is 13.5 Å². The van der Waals surface area contributed by atoms with Gasteiger partial charge in [0.2, 0.25) is 0 Å². The number of hydrogen-bond acceptors (Lipinski definition) is 4. The summed E-state index contributed by atoms with van der Waals surface area (Å²) in [4.78, 5) is 10.9. The number of rotatable bonds is 4. The van der Waals surface area contributed by atoms with Gasteiger partial charge in [-0.15, -0.1) is 0 Å². The Balaban J connectivity index is 2.13. The van der Waals surface area contributed by atoms with Gasteiger partial charge in [-0.1, -0.05) is 0 Å². The fourth-order valence-corrected chi connectivity index (χ4v) is 1.39. The van der Waals surface area contributed by atoms with E-state index in [4.69, 9.17) is 4.74 Å². The van der Waals surface area contributed by atoms with Gasteiger partial charge in [0.1, 0.15) is 0 Å². The lowest BCUT2D eigenvalue weighted by atomic mass is 10.2. The molecule has 0 spiro atoms. The van der Waals surface area contributed by atoms with E-state index in [2.05, 4.69) is 10.1 Å². The number of ether oxygens (including phenoxy) is 2. The molecule has 2 atom stereocenters. The van der Waals surface area contributed by atoms with Crippen LogP contribution < -0.4 is 5.32 Å². The van der Waals surface area contributed by atoms with E-state index in [0.717, 1.165) is 13.0 Å². The molecular formula is C9H17NO3. The van der Waals surface area contributed by atoms with E-state index in [9.17, 15) is 4.79 Å². The lowest BCUT2D eigenvalue weighted by Gasteiger charge is -2.14. The summed E-state index contributed by atoms with van der Waals surface area (Å²) in [5, 5.41) is 3.29. The molecule has 0 aromatic carbocycles. The Kier molecular flexibility index (Phi) is 4.18. The number of nitrogens with one attached hydrogen (secondary N) is 1. The normalized spacial score (nSPS) is 24.3. The van der Waals surface area contributed by atoms with Crippen LogP contribution >= 0.6 is 0 Å². The first kappa shape index (κ1) is 10.5. The van der Waals surface area contributed by atoms with E-state index in [1.807, 2.05) is 0 Å². The summed E-state index contributed by atoms with van der Waals surface area (Å²) in [6, 6.07) is 0.409. The van der Waals surface area contributed by atoms with Crippen LogP contribution in [0, 0.1) is 0 Å². The zero-order valence-electron chi connectivity index (χ0n) is 8.21. The van der Waals surface area contributed by atoms with Crippen LogP contribution in [0.15, 0.2) is 0 Å². The van der Waals surface area contributed by atoms with E-state index in [1.54, 1.807) is 6.92 Å². The maximum absolute atomic E-state index is 10.9. The Morgan fingerprint density at radius 2 is 2.46 bits per heavy atom. The summed E-state index contributed by atoms with van der Waals surface area (Å²) >= 11 is 0. The third-order valence-corrected chi connectivity index (χ3v) is 2.24. The van der Waals surface area contributed by atoms with Crippen molar-refractivity contribution in [1.29, 1.82) is 0 Å². The number of hydrogen-bond donors (Lipinski definition) is 1. The molecule has 0 bridgehead atoms. The monoisotopic (exact) mass is 187 g/mol. The minimum atomic E-state index is -0.451. The highest BCUT2D eigenvalue weighted by Crippen LogP contribution is 2.06. The molecule has 1 heterocycles. The van der Waals surface area contributed by atoms with Crippen LogP contribution in [0.25, 0.3) is 0 Å². The van der Waals surface area contributed by atoms with Crippen molar-refractivity contribution in [3.63, 3.8) is 0 Å². The molecule has 4 heteroatoms. The van der Waals surface area contributed by atoms with Crippen LogP contribution in [0.5, 0.6) is 0 Å². The fraction of sp³-hybridized carbons (Fsp3) is 0.889. The summed E-state index contributed by atoms with van der Waals surface area (Å²) in [6.45, 7) is 3.36. The molecule has 13 heavy (non-hydrogen) atoms. The van der Waals surface area contributed by atoms with Crippen LogP contribution in [-0.4, -0.2) is 38.4 Å². The summed E-state index contributed by atoms with van der Waals surface area (Å²) < 4.78 is 9.88. The first-order valence-corrected chi connectivity index (χ1v) is 4.67. The third kappa shape index (κ3) is 3.32. The van der Waals surface area contributed by atoms with Crippen molar-refractivity contribution in [2.45, 2.75) is 31.9 Å². The summed E-state index contributed by atoms with van der Waals surface area (Å²) in [5.74, 6) is -0.307. The smallest absolute Gasteiger partial charge is 0.334 e. The maximum Gasteiger partial charge on any atom is 0.334 e. The largest absolute Gasteiger partial charge is 0.467 e. The zero-order chi connectivity index (χ0) is 9.68. The van der Waals surface area contributed by atoms with Crippen molar-refractivity contribution in [1.82, 2.24) is 5.32 Å². The van der Waals surface area contributed by atoms with Crippen LogP contribution in [0.4, 0.5) is 0 Å². The first-order valence-electron chi connectivity index (χ1n) is 4.67. The van der Waals surface area contributed by atoms with E-state index in [0.29, 0.717) is 12.6 Å². The highest BCUT2D eigenvalue weighted by molar-refractivity contribution is 5.73. The zero-order valence-corrected chi connectivity index (χ0v) is 8.21. The molecule has 0 radical (unpaired) electrons. The minimum absolute atomic E-state index is 0.307. The lowest BCUT2D eigenvalue weighted by molar-refractivity contribution is -0.153. The average Bonchev–Trinajstić information content (AvgIpc) is 2.65. The van der Waals surface area contributed by atoms with Gasteiger partial charge >= 0.3 is 5.97 Å². The Morgan fingerprint density at radius 1 is 1.69 bits per heavy atom. The molecular weight excluding hydrogens is 170 g/mol. The summed E-state index contributed by atoms with van der Waals surface area (Å²) in [5.41, 5.74) is 0. The van der Waals surface area contributed by atoms with Gasteiger partial charge in [0.15, 0.2) is 6.10 Å². The SMILES string of the molecule is COC(=O)C(C)OCC1CCCN1. The van der Waals surface area contributed by atoms with Gasteiger partial charge in [0.25, 0.3) is 0 Å². The van der Waals surface area contributed by atoms with Crippen LogP contribution in [0.2, 0.25) is 0 Å². The predicted molar refractivity (Wildman–Crippen MR) is 48.5 cm³/mol. The molecule has 0 aromatic heterocycles. The second kappa shape index (κ2) is 5.19. The van der Waals surface area contributed by atoms with Gasteiger partial charge in [-0.25, -0.2) is 4.79 Å². The quantitative estimate of drug-likeness (QED) is 0.644. The number of methoxy groups -OCH3 is 1. The Morgan fingerprint density at radius 3 is 3.00 bits per heavy atom. The highest BCUT2D eigenvalue weighted by Gasteiger charge is 2.18. The van der Waals surface area contributed by atoms with Crippen molar-refractivity contribution in [2.24, 2.45) is 0 Å². The Hall–Kier alpha value is -0.610. The number of carbonyl (C=O) groups is 1. The molecule has 76 valence electrons. The second-order valence-electron chi connectivity index (χ2n) is 3.29. The Bertz CT molecular complexity index is 166. The van der Waals surface area contributed by atoms with Crippen molar-refractivity contribution in [3.8, 4) is 0 Å². The molecule has 1 fully saturated rings. The highest BCUT2D eigenvalue weighted by atomic mass is 16.6. The molecule has 1 saturated heterocycles. The van der Waals surface area contributed by atoms with Crippen LogP contribution in [-0.2, 0) is 14.3 Å². The standard InChI is InChI=1S/C9H17NO3/c1-7(9(11)12-2)13-6-8-4-3-5-10-8/h7-8,10H,3-6H2,1-2H3. The molecule has 4 nitrogen and oxygen atoms in total. The topological polar surface area (TPSA) is 47.6 Å². The number of carbonyl (C=O) groups excluding carboxylic acids is 1. The van der Waals surface area contributed by atoms with Crippen molar-refractivity contribution in [2.75, 3.05) is 20.3 Å². The summed E-state index contributed by atoms with van der Waals surface area (Å²) in [6.07, 6.45) is 1.88. The molecule has 1 aliphatic rings. The summed E-state index contributed by atoms with van der Waals surface area (Å²) in [7, 11) is 1.37. The van der Waals surface area contributed by atoms with Crippen molar-refractivity contribution in [3.05, 3.63) is 0 Å². The van der Waals surface area contributed by atoms with Gasteiger partial charge in [-0.2, -0.15) is 0 Å². The molecule has 2 unspecified atom stereocenters. The molecule has 1 rings (SSSR count). The predicted octanol–water partition coefficient (Wildman–Crippen LogP) is 0.316. The average molecular weight is 187 g/mol. The van der Waals surface area contributed by atoms with Gasteiger partial charge in [0.05, 0.1) is 13.7 Å². The van der Waals surface area contributed by atoms with E-state index < -0.39 is 6.10 Å². The van der Waals surface area contributed by atoms with Gasteiger partial charge in [-0.3, -0.25) is 0 Å². The molecule has 1 aliphatic heterocycles. The molecule has 1 N–H and O–H groups in total. The molecule has 0 aliphatic carbocycles. The maximum atomic E-state index is 10.9. The van der Waals surface area contributed by atoms with Crippen LogP contribution in [0.3, 0.4) is 0 Å². The lowest BCUT2D eigenvalue weighted by Crippen LogP contribution is -2.31. The molecule has 0 aromatic rings. The van der Waals surface area contributed by atoms with E-state index in [-0.39, 0.29) is 5.97 Å². The number of esters is 1. The van der Waals surface area contributed by atoms with Crippen LogP contribution in [0.1, 0.15) is 19.8 Å². The fourth-order valence-electron chi connectivity index (χ4n) is 1.39.